The first-order valence-electron chi connectivity index (χ1n) is 31.2. The summed E-state index contributed by atoms with van der Waals surface area (Å²) in [6, 6.07) is 12.3. The highest BCUT2D eigenvalue weighted by molar-refractivity contribution is 5.92. The van der Waals surface area contributed by atoms with Gasteiger partial charge in [-0.25, -0.2) is 14.4 Å². The molecule has 0 radical (unpaired) electrons. The molecule has 2 aromatic rings. The first-order chi connectivity index (χ1) is 43.7. The summed E-state index contributed by atoms with van der Waals surface area (Å²) in [5.74, 6) is -5.94. The number of nitrogens with one attached hydrogen (secondary N) is 7. The molecule has 28 heteroatoms. The van der Waals surface area contributed by atoms with Crippen molar-refractivity contribution < 1.29 is 96.4 Å². The average molecular weight is 1280 g/mol. The van der Waals surface area contributed by atoms with E-state index < -0.39 is 78.7 Å². The van der Waals surface area contributed by atoms with Crippen molar-refractivity contribution in [1.29, 1.82) is 0 Å². The molecule has 28 nitrogen and oxygen atoms in total. The summed E-state index contributed by atoms with van der Waals surface area (Å²) >= 11 is 0. The lowest BCUT2D eigenvalue weighted by molar-refractivity contribution is -0.141. The van der Waals surface area contributed by atoms with Gasteiger partial charge in [0.2, 0.25) is 29.5 Å². The molecule has 0 saturated carbocycles. The van der Waals surface area contributed by atoms with Crippen molar-refractivity contribution in [3.63, 3.8) is 0 Å². The lowest BCUT2D eigenvalue weighted by atomic mass is 10.0. The van der Waals surface area contributed by atoms with E-state index in [2.05, 4.69) is 31.9 Å². The van der Waals surface area contributed by atoms with Crippen molar-refractivity contribution in [1.82, 2.24) is 37.2 Å². The fraction of sp³-hybridized carbons (Fsp3) is 0.661. The smallest absolute Gasteiger partial charge is 0.326 e. The van der Waals surface area contributed by atoms with Crippen LogP contribution in [0.3, 0.4) is 0 Å². The molecule has 0 aliphatic rings. The van der Waals surface area contributed by atoms with Crippen LogP contribution in [0.1, 0.15) is 107 Å². The van der Waals surface area contributed by atoms with Gasteiger partial charge in [-0.3, -0.25) is 28.8 Å². The molecule has 7 amide bonds. The number of carbonyl (C=O) groups excluding carboxylic acids is 6. The van der Waals surface area contributed by atoms with E-state index in [-0.39, 0.29) is 63.7 Å². The molecule has 508 valence electrons. The van der Waals surface area contributed by atoms with E-state index in [1.54, 1.807) is 0 Å². The number of amides is 7. The Labute approximate surface area is 528 Å². The lowest BCUT2D eigenvalue weighted by Crippen LogP contribution is -2.55. The first-order valence-corrected chi connectivity index (χ1v) is 31.2. The van der Waals surface area contributed by atoms with Crippen LogP contribution in [0.4, 0.5) is 4.79 Å². The minimum absolute atomic E-state index is 0.00901. The van der Waals surface area contributed by atoms with Gasteiger partial charge in [-0.1, -0.05) is 92.8 Å². The van der Waals surface area contributed by atoms with Crippen LogP contribution in [0.5, 0.6) is 0 Å². The molecule has 12 N–H and O–H groups in total. The zero-order valence-electron chi connectivity index (χ0n) is 52.1. The topological polar surface area (TPSA) is 398 Å². The molecule has 0 heterocycles. The first kappa shape index (κ1) is 79.2. The van der Waals surface area contributed by atoms with Crippen LogP contribution in [-0.4, -0.2) is 225 Å². The minimum atomic E-state index is -1.56. The Morgan fingerprint density at radius 3 is 1.19 bits per heavy atom. The van der Waals surface area contributed by atoms with Gasteiger partial charge < -0.3 is 96.2 Å². The normalized spacial score (nSPS) is 12.4. The van der Waals surface area contributed by atoms with E-state index in [1.807, 2.05) is 66.0 Å². The van der Waals surface area contributed by atoms with Crippen molar-refractivity contribution in [2.45, 2.75) is 133 Å². The number of benzene rings is 2. The van der Waals surface area contributed by atoms with Crippen molar-refractivity contribution in [2.24, 2.45) is 5.73 Å². The average Bonchev–Trinajstić information content (AvgIpc) is 3.04. The molecular weight excluding hydrogens is 1180 g/mol. The van der Waals surface area contributed by atoms with Crippen LogP contribution in [0.2, 0.25) is 0 Å². The zero-order chi connectivity index (χ0) is 65.5. The Morgan fingerprint density at radius 2 is 0.744 bits per heavy atom. The Morgan fingerprint density at radius 1 is 0.356 bits per heavy atom. The number of carbonyl (C=O) groups is 9. The minimum Gasteiger partial charge on any atom is -0.481 e. The molecule has 0 aliphatic carbocycles. The van der Waals surface area contributed by atoms with Crippen LogP contribution in [0.15, 0.2) is 60.7 Å². The SMILES string of the molecule is NCCCCCCNC(=O)CCOCCOCCOCCOCCOCCOCCOCCOCCNC(=O)C(Cc1ccccc1)NC(=O)C(Cc1ccccc1)NC(=O)CCCCCCCNC(=O)CC[C@H](NC(=O)NC(CCC(=O)O)C(=O)O)C(=O)O. The van der Waals surface area contributed by atoms with E-state index in [4.69, 9.17) is 48.7 Å². The van der Waals surface area contributed by atoms with E-state index in [0.29, 0.717) is 144 Å². The Kier molecular flexibility index (Phi) is 47.4. The number of carboxylic acid groups (broad SMARTS) is 3. The number of hydrogen-bond donors (Lipinski definition) is 11. The standard InChI is InChI=1S/C62H100N8O20/c63-26-13-3-5-15-28-65-55(72)25-30-83-32-34-85-36-38-87-40-42-89-44-45-90-43-41-88-39-37-86-35-33-84-31-29-66-58(76)52(46-48-16-8-6-9-17-48)68-59(77)53(47-49-18-10-7-11-19-49)67-56(73)20-12-2-1-4-14-27-64-54(71)23-21-50(60(78)79)69-62(82)70-51(61(80)81)22-24-57(74)75/h6-11,16-19,50-53H,1-5,12-15,20-47,63H2,(H,64,71)(H,65,72)(H,66,76)(H,67,73)(H,68,77)(H,74,75)(H,78,79)(H,80,81)(H2,69,70,82)/t50-,51?,52?,53?/m0/s1. The quantitative estimate of drug-likeness (QED) is 0.0422. The number of ether oxygens (including phenoxy) is 8. The molecule has 2 aromatic carbocycles. The second-order valence-electron chi connectivity index (χ2n) is 20.8. The highest BCUT2D eigenvalue weighted by atomic mass is 16.6. The summed E-state index contributed by atoms with van der Waals surface area (Å²) in [6.45, 7) is 7.97. The van der Waals surface area contributed by atoms with Crippen LogP contribution in [0.25, 0.3) is 0 Å². The highest BCUT2D eigenvalue weighted by Gasteiger charge is 2.28. The van der Waals surface area contributed by atoms with Gasteiger partial charge in [-0.05, 0) is 56.2 Å². The Hall–Kier alpha value is -6.89. The summed E-state index contributed by atoms with van der Waals surface area (Å²) in [4.78, 5) is 111. The monoisotopic (exact) mass is 1280 g/mol. The fourth-order valence-electron chi connectivity index (χ4n) is 8.45. The molecule has 4 atom stereocenters. The number of carboxylic acids is 3. The van der Waals surface area contributed by atoms with Crippen molar-refractivity contribution in [3.8, 4) is 0 Å². The third kappa shape index (κ3) is 44.5. The van der Waals surface area contributed by atoms with Crippen molar-refractivity contribution in [2.75, 3.05) is 132 Å². The Bertz CT molecular complexity index is 2280. The molecule has 0 bridgehead atoms. The van der Waals surface area contributed by atoms with Crippen LogP contribution in [0, 0.1) is 0 Å². The summed E-state index contributed by atoms with van der Waals surface area (Å²) in [7, 11) is 0. The van der Waals surface area contributed by atoms with E-state index >= 15 is 0 Å². The Balaban J connectivity index is 1.58. The molecule has 0 aromatic heterocycles. The third-order valence-electron chi connectivity index (χ3n) is 13.3. The van der Waals surface area contributed by atoms with E-state index in [1.165, 1.54) is 0 Å². The zero-order valence-corrected chi connectivity index (χ0v) is 52.1. The molecular formula is C62H100N8O20. The summed E-state index contributed by atoms with van der Waals surface area (Å²) in [5, 5.41) is 45.9. The summed E-state index contributed by atoms with van der Waals surface area (Å²) in [5.41, 5.74) is 7.11. The molecule has 0 saturated heterocycles. The van der Waals surface area contributed by atoms with Crippen molar-refractivity contribution >= 4 is 53.5 Å². The van der Waals surface area contributed by atoms with Gasteiger partial charge in [0, 0.05) is 58.2 Å². The second kappa shape index (κ2) is 53.9. The number of aliphatic carboxylic acids is 3. The predicted octanol–water partition coefficient (Wildman–Crippen LogP) is 2.02. The van der Waals surface area contributed by atoms with Gasteiger partial charge in [0.25, 0.3) is 0 Å². The number of nitrogens with two attached hydrogens (primary N) is 1. The van der Waals surface area contributed by atoms with E-state index in [9.17, 15) is 53.4 Å². The molecule has 0 fully saturated rings. The maximum absolute atomic E-state index is 14.0. The maximum atomic E-state index is 14.0. The van der Waals surface area contributed by atoms with Gasteiger partial charge in [-0.2, -0.15) is 0 Å². The molecule has 0 spiro atoms. The van der Waals surface area contributed by atoms with Gasteiger partial charge in [0.05, 0.1) is 106 Å². The van der Waals surface area contributed by atoms with E-state index in [0.717, 1.165) is 43.2 Å². The van der Waals surface area contributed by atoms with Gasteiger partial charge in [0.15, 0.2) is 0 Å². The molecule has 90 heavy (non-hydrogen) atoms. The van der Waals surface area contributed by atoms with Gasteiger partial charge >= 0.3 is 23.9 Å². The predicted molar refractivity (Wildman–Crippen MR) is 330 cm³/mol. The number of hydrogen-bond acceptors (Lipinski definition) is 18. The summed E-state index contributed by atoms with van der Waals surface area (Å²) < 4.78 is 44.3. The second-order valence-corrected chi connectivity index (χ2v) is 20.8. The molecule has 2 rings (SSSR count). The highest BCUT2D eigenvalue weighted by Crippen LogP contribution is 2.10. The van der Waals surface area contributed by atoms with Gasteiger partial charge in [0.1, 0.15) is 24.2 Å². The van der Waals surface area contributed by atoms with Crippen LogP contribution >= 0.6 is 0 Å². The summed E-state index contributed by atoms with van der Waals surface area (Å²) in [6.07, 6.45) is 6.76. The molecule has 0 aliphatic heterocycles. The van der Waals surface area contributed by atoms with Crippen LogP contribution < -0.4 is 43.0 Å². The largest absolute Gasteiger partial charge is 0.481 e. The number of rotatable bonds is 59. The van der Waals surface area contributed by atoms with Gasteiger partial charge in [-0.15, -0.1) is 0 Å². The maximum Gasteiger partial charge on any atom is 0.326 e. The molecule has 3 unspecified atom stereocenters. The lowest BCUT2D eigenvalue weighted by Gasteiger charge is -2.23. The third-order valence-corrected chi connectivity index (χ3v) is 13.3. The number of urea groups is 1. The van der Waals surface area contributed by atoms with Crippen LogP contribution in [-0.2, 0) is 89.1 Å². The fourth-order valence-corrected chi connectivity index (χ4v) is 8.45. The number of unbranched alkanes of at least 4 members (excludes halogenated alkanes) is 7. The van der Waals surface area contributed by atoms with Crippen molar-refractivity contribution in [3.05, 3.63) is 71.8 Å².